The van der Waals surface area contributed by atoms with Crippen molar-refractivity contribution in [3.8, 4) is 0 Å². The predicted octanol–water partition coefficient (Wildman–Crippen LogP) is 1.55. The summed E-state index contributed by atoms with van der Waals surface area (Å²) in [5, 5.41) is 0. The first kappa shape index (κ1) is 16.8. The van der Waals surface area contributed by atoms with Gasteiger partial charge in [0.05, 0.1) is 11.5 Å². The number of carbonyl (C=O) groups excluding carboxylic acids is 1. The molecular formula is C15H20F3N3O. The van der Waals surface area contributed by atoms with Crippen LogP contribution in [0.25, 0.3) is 0 Å². The molecule has 1 aliphatic heterocycles. The highest BCUT2D eigenvalue weighted by Crippen LogP contribution is 2.29. The van der Waals surface area contributed by atoms with Crippen LogP contribution in [0.3, 0.4) is 0 Å². The molecule has 1 atom stereocenters. The summed E-state index contributed by atoms with van der Waals surface area (Å²) in [6, 6.07) is 5.30. The molecule has 7 heteroatoms. The first-order valence-electron chi connectivity index (χ1n) is 7.12. The number of hydrogen-bond donors (Lipinski definition) is 1. The Balaban J connectivity index is 2.10. The van der Waals surface area contributed by atoms with Crippen LogP contribution in [0.5, 0.6) is 0 Å². The van der Waals surface area contributed by atoms with Crippen LogP contribution >= 0.6 is 0 Å². The minimum atomic E-state index is -4.34. The SMILES string of the molecule is CN1CCN(Cc2cccc(C(F)(F)F)c2)CC(C(N)=O)C1. The highest BCUT2D eigenvalue weighted by molar-refractivity contribution is 5.77. The summed E-state index contributed by atoms with van der Waals surface area (Å²) in [7, 11) is 1.91. The van der Waals surface area contributed by atoms with E-state index >= 15 is 0 Å². The summed E-state index contributed by atoms with van der Waals surface area (Å²) in [5.41, 5.74) is 5.33. The topological polar surface area (TPSA) is 49.6 Å². The zero-order chi connectivity index (χ0) is 16.3. The average molecular weight is 315 g/mol. The van der Waals surface area contributed by atoms with Crippen molar-refractivity contribution in [2.24, 2.45) is 11.7 Å². The van der Waals surface area contributed by atoms with Crippen molar-refractivity contribution in [1.29, 1.82) is 0 Å². The molecule has 1 fully saturated rings. The number of rotatable bonds is 3. The van der Waals surface area contributed by atoms with E-state index in [0.29, 0.717) is 31.7 Å². The Kier molecular flexibility index (Phi) is 5.08. The van der Waals surface area contributed by atoms with Crippen molar-refractivity contribution < 1.29 is 18.0 Å². The Hall–Kier alpha value is -1.60. The molecule has 1 saturated heterocycles. The van der Waals surface area contributed by atoms with E-state index in [9.17, 15) is 18.0 Å². The van der Waals surface area contributed by atoms with E-state index in [4.69, 9.17) is 5.73 Å². The van der Waals surface area contributed by atoms with Crippen LogP contribution < -0.4 is 5.73 Å². The van der Waals surface area contributed by atoms with Crippen LogP contribution in [-0.2, 0) is 17.5 Å². The van der Waals surface area contributed by atoms with Gasteiger partial charge >= 0.3 is 6.18 Å². The molecule has 22 heavy (non-hydrogen) atoms. The first-order valence-corrected chi connectivity index (χ1v) is 7.12. The minimum absolute atomic E-state index is 0.307. The van der Waals surface area contributed by atoms with Crippen LogP contribution in [0, 0.1) is 5.92 Å². The van der Waals surface area contributed by atoms with Crippen molar-refractivity contribution in [2.75, 3.05) is 33.2 Å². The molecule has 1 heterocycles. The van der Waals surface area contributed by atoms with Gasteiger partial charge in [-0.3, -0.25) is 9.69 Å². The lowest BCUT2D eigenvalue weighted by atomic mass is 10.1. The van der Waals surface area contributed by atoms with Gasteiger partial charge in [-0.05, 0) is 18.7 Å². The second-order valence-electron chi connectivity index (χ2n) is 5.79. The highest BCUT2D eigenvalue weighted by Gasteiger charge is 2.31. The Labute approximate surface area is 127 Å². The molecule has 1 aromatic carbocycles. The zero-order valence-electron chi connectivity index (χ0n) is 12.4. The van der Waals surface area contributed by atoms with Crippen molar-refractivity contribution in [3.63, 3.8) is 0 Å². The monoisotopic (exact) mass is 315 g/mol. The minimum Gasteiger partial charge on any atom is -0.369 e. The van der Waals surface area contributed by atoms with Crippen molar-refractivity contribution in [3.05, 3.63) is 35.4 Å². The fourth-order valence-electron chi connectivity index (χ4n) is 2.67. The van der Waals surface area contributed by atoms with Crippen LogP contribution in [0.1, 0.15) is 11.1 Å². The molecule has 0 aliphatic carbocycles. The number of nitrogens with zero attached hydrogens (tertiary/aromatic N) is 2. The number of hydrogen-bond acceptors (Lipinski definition) is 3. The van der Waals surface area contributed by atoms with Crippen molar-refractivity contribution in [1.82, 2.24) is 9.80 Å². The molecule has 2 rings (SSSR count). The summed E-state index contributed by atoms with van der Waals surface area (Å²) in [6.45, 7) is 2.87. The maximum absolute atomic E-state index is 12.7. The van der Waals surface area contributed by atoms with E-state index in [1.54, 1.807) is 6.07 Å². The number of amides is 1. The Morgan fingerprint density at radius 3 is 2.68 bits per heavy atom. The normalized spacial score (nSPS) is 21.5. The van der Waals surface area contributed by atoms with Gasteiger partial charge in [-0.15, -0.1) is 0 Å². The van der Waals surface area contributed by atoms with Crippen LogP contribution in [-0.4, -0.2) is 48.9 Å². The van der Waals surface area contributed by atoms with Crippen LogP contribution in [0.15, 0.2) is 24.3 Å². The second kappa shape index (κ2) is 6.66. The van der Waals surface area contributed by atoms with Gasteiger partial charge in [0.15, 0.2) is 0 Å². The largest absolute Gasteiger partial charge is 0.416 e. The second-order valence-corrected chi connectivity index (χ2v) is 5.79. The zero-order valence-corrected chi connectivity index (χ0v) is 12.4. The molecule has 0 saturated carbocycles. The number of likely N-dealkylation sites (N-methyl/N-ethyl adjacent to an activating group) is 1. The van der Waals surface area contributed by atoms with E-state index in [-0.39, 0.29) is 11.8 Å². The highest BCUT2D eigenvalue weighted by atomic mass is 19.4. The van der Waals surface area contributed by atoms with Gasteiger partial charge in [-0.1, -0.05) is 18.2 Å². The third kappa shape index (κ3) is 4.45. The molecular weight excluding hydrogens is 295 g/mol. The molecule has 0 bridgehead atoms. The maximum Gasteiger partial charge on any atom is 0.416 e. The first-order chi connectivity index (χ1) is 10.3. The Morgan fingerprint density at radius 2 is 2.05 bits per heavy atom. The molecule has 2 N–H and O–H groups in total. The molecule has 1 unspecified atom stereocenters. The summed E-state index contributed by atoms with van der Waals surface area (Å²) in [5.74, 6) is -0.680. The van der Waals surface area contributed by atoms with Crippen molar-refractivity contribution >= 4 is 5.91 Å². The van der Waals surface area contributed by atoms with E-state index in [0.717, 1.165) is 18.7 Å². The van der Waals surface area contributed by atoms with Gasteiger partial charge in [0.25, 0.3) is 0 Å². The molecule has 122 valence electrons. The maximum atomic E-state index is 12.7. The molecule has 0 aromatic heterocycles. The molecule has 1 amide bonds. The lowest BCUT2D eigenvalue weighted by Crippen LogP contribution is -2.37. The van der Waals surface area contributed by atoms with Crippen LogP contribution in [0.2, 0.25) is 0 Å². The fourth-order valence-corrected chi connectivity index (χ4v) is 2.67. The van der Waals surface area contributed by atoms with Gasteiger partial charge in [-0.2, -0.15) is 13.2 Å². The number of halogens is 3. The number of carbonyl (C=O) groups is 1. The molecule has 1 aliphatic rings. The number of benzene rings is 1. The summed E-state index contributed by atoms with van der Waals surface area (Å²) in [6.07, 6.45) is -4.34. The summed E-state index contributed by atoms with van der Waals surface area (Å²) >= 11 is 0. The molecule has 4 nitrogen and oxygen atoms in total. The van der Waals surface area contributed by atoms with Gasteiger partial charge in [0, 0.05) is 32.7 Å². The van der Waals surface area contributed by atoms with E-state index in [1.165, 1.54) is 6.07 Å². The third-order valence-electron chi connectivity index (χ3n) is 3.87. The lowest BCUT2D eigenvalue weighted by molar-refractivity contribution is -0.137. The quantitative estimate of drug-likeness (QED) is 0.921. The standard InChI is InChI=1S/C15H20F3N3O/c1-20-5-6-21(10-12(9-20)14(19)22)8-11-3-2-4-13(7-11)15(16,17)18/h2-4,7,12H,5-6,8-10H2,1H3,(H2,19,22). The Bertz CT molecular complexity index is 533. The van der Waals surface area contributed by atoms with E-state index < -0.39 is 11.7 Å². The molecule has 0 radical (unpaired) electrons. The van der Waals surface area contributed by atoms with Gasteiger partial charge in [0.2, 0.25) is 5.91 Å². The summed E-state index contributed by atoms with van der Waals surface area (Å²) in [4.78, 5) is 15.5. The number of alkyl halides is 3. The third-order valence-corrected chi connectivity index (χ3v) is 3.87. The molecule has 0 spiro atoms. The number of primary amides is 1. The number of nitrogens with two attached hydrogens (primary N) is 1. The van der Waals surface area contributed by atoms with Gasteiger partial charge in [0.1, 0.15) is 0 Å². The van der Waals surface area contributed by atoms with Crippen LogP contribution in [0.4, 0.5) is 13.2 Å². The van der Waals surface area contributed by atoms with Crippen molar-refractivity contribution in [2.45, 2.75) is 12.7 Å². The van der Waals surface area contributed by atoms with E-state index in [2.05, 4.69) is 0 Å². The molecule has 1 aromatic rings. The van der Waals surface area contributed by atoms with E-state index in [1.807, 2.05) is 16.8 Å². The Morgan fingerprint density at radius 1 is 1.32 bits per heavy atom. The smallest absolute Gasteiger partial charge is 0.369 e. The average Bonchev–Trinajstić information content (AvgIpc) is 2.61. The predicted molar refractivity (Wildman–Crippen MR) is 76.9 cm³/mol. The fraction of sp³-hybridized carbons (Fsp3) is 0.533. The lowest BCUT2D eigenvalue weighted by Gasteiger charge is -2.22. The summed E-state index contributed by atoms with van der Waals surface area (Å²) < 4.78 is 38.2. The van der Waals surface area contributed by atoms with Gasteiger partial charge in [-0.25, -0.2) is 0 Å². The van der Waals surface area contributed by atoms with Gasteiger partial charge < -0.3 is 10.6 Å².